The van der Waals surface area contributed by atoms with Gasteiger partial charge in [-0.05, 0) is 43.3 Å². The van der Waals surface area contributed by atoms with Gasteiger partial charge in [0, 0.05) is 39.3 Å². The van der Waals surface area contributed by atoms with Gasteiger partial charge in [-0.15, -0.1) is 0 Å². The van der Waals surface area contributed by atoms with E-state index in [2.05, 4.69) is 52.8 Å². The molecule has 0 aliphatic carbocycles. The Morgan fingerprint density at radius 1 is 0.943 bits per heavy atom. The average molecular weight is 494 g/mol. The van der Waals surface area contributed by atoms with E-state index in [9.17, 15) is 5.11 Å². The molecule has 0 saturated carbocycles. The summed E-state index contributed by atoms with van der Waals surface area (Å²) in [5, 5.41) is 25.6. The number of morpholine rings is 1. The first-order chi connectivity index (χ1) is 16.8. The number of carboxylic acid groups (broad SMARTS) is 2. The molecule has 9 nitrogen and oxygen atoms in total. The van der Waals surface area contributed by atoms with E-state index in [1.54, 1.807) is 0 Å². The molecule has 35 heavy (non-hydrogen) atoms. The van der Waals surface area contributed by atoms with Crippen molar-refractivity contribution in [2.75, 3.05) is 65.6 Å². The first-order valence-corrected chi connectivity index (χ1v) is 12.5. The summed E-state index contributed by atoms with van der Waals surface area (Å²) in [6.07, 6.45) is 3.32. The maximum Gasteiger partial charge on any atom is 0.290 e. The van der Waals surface area contributed by atoms with Gasteiger partial charge in [-0.3, -0.25) is 19.4 Å². The smallest absolute Gasteiger partial charge is 0.290 e. The van der Waals surface area contributed by atoms with Gasteiger partial charge in [0.2, 0.25) is 0 Å². The van der Waals surface area contributed by atoms with Gasteiger partial charge in [0.15, 0.2) is 0 Å². The quantitative estimate of drug-likeness (QED) is 0.511. The minimum Gasteiger partial charge on any atom is -0.483 e. The molecule has 3 N–H and O–H groups in total. The maximum atomic E-state index is 11.8. The molecule has 3 heterocycles. The van der Waals surface area contributed by atoms with Gasteiger partial charge in [0.25, 0.3) is 12.9 Å². The van der Waals surface area contributed by atoms with Gasteiger partial charge < -0.3 is 25.0 Å². The van der Waals surface area contributed by atoms with E-state index in [4.69, 9.17) is 24.5 Å². The Labute approximate surface area is 209 Å². The lowest BCUT2D eigenvalue weighted by molar-refractivity contribution is -0.123. The van der Waals surface area contributed by atoms with Crippen LogP contribution in [0.15, 0.2) is 30.3 Å². The molecular formula is C26H43N3O6. The normalized spacial score (nSPS) is 26.1. The predicted octanol–water partition coefficient (Wildman–Crippen LogP) is 1.80. The molecule has 0 spiro atoms. The molecule has 0 radical (unpaired) electrons. The fourth-order valence-corrected chi connectivity index (χ4v) is 5.68. The lowest BCUT2D eigenvalue weighted by Crippen LogP contribution is -2.61. The number of benzene rings is 1. The third-order valence-corrected chi connectivity index (χ3v) is 7.05. The van der Waals surface area contributed by atoms with Crippen LogP contribution < -0.4 is 0 Å². The van der Waals surface area contributed by atoms with Crippen LogP contribution in [-0.4, -0.2) is 115 Å². The van der Waals surface area contributed by atoms with Crippen LogP contribution in [0.4, 0.5) is 0 Å². The van der Waals surface area contributed by atoms with E-state index in [0.717, 1.165) is 77.6 Å². The first kappa shape index (κ1) is 29.2. The number of piperidine rings is 1. The van der Waals surface area contributed by atoms with E-state index in [0.29, 0.717) is 0 Å². The summed E-state index contributed by atoms with van der Waals surface area (Å²) >= 11 is 0. The van der Waals surface area contributed by atoms with Gasteiger partial charge in [-0.2, -0.15) is 0 Å². The molecule has 0 unspecified atom stereocenters. The van der Waals surface area contributed by atoms with E-state index in [-0.39, 0.29) is 24.4 Å². The standard InChI is InChI=1S/C24H39N3O2.2CH2O2/c1-23(2,19-25-14-16-29-17-15-25)20-26-13-10-24(28,21-8-4-3-5-9-21)22(18-26)27-11-6-7-12-27;2*2-1-3/h3-5,8-9,22,28H,6-7,10-20H2,1-2H3;2*1H,(H,2,3)/t22-,24+;;/m1../s1. The Bertz CT molecular complexity index is 732. The lowest BCUT2D eigenvalue weighted by atomic mass is 9.78. The third-order valence-electron chi connectivity index (χ3n) is 7.05. The topological polar surface area (TPSA) is 114 Å². The van der Waals surface area contributed by atoms with E-state index in [1.807, 2.05) is 6.07 Å². The summed E-state index contributed by atoms with van der Waals surface area (Å²) in [5.41, 5.74) is 0.579. The van der Waals surface area contributed by atoms with Crippen molar-refractivity contribution in [3.63, 3.8) is 0 Å². The van der Waals surface area contributed by atoms with Crippen LogP contribution in [0.2, 0.25) is 0 Å². The fourth-order valence-electron chi connectivity index (χ4n) is 5.68. The molecule has 1 aromatic carbocycles. The van der Waals surface area contributed by atoms with Crippen molar-refractivity contribution in [3.05, 3.63) is 35.9 Å². The molecule has 4 rings (SSSR count). The molecule has 0 amide bonds. The van der Waals surface area contributed by atoms with Crippen LogP contribution >= 0.6 is 0 Å². The minimum atomic E-state index is -0.740. The van der Waals surface area contributed by atoms with Crippen LogP contribution in [0.25, 0.3) is 0 Å². The average Bonchev–Trinajstić information content (AvgIpc) is 3.37. The number of hydrogen-bond acceptors (Lipinski definition) is 7. The van der Waals surface area contributed by atoms with E-state index < -0.39 is 5.60 Å². The molecule has 0 aromatic heterocycles. The zero-order chi connectivity index (χ0) is 25.7. The highest BCUT2D eigenvalue weighted by molar-refractivity contribution is 5.33. The van der Waals surface area contributed by atoms with Crippen LogP contribution in [-0.2, 0) is 19.9 Å². The summed E-state index contributed by atoms with van der Waals surface area (Å²) in [6.45, 7) is 14.5. The van der Waals surface area contributed by atoms with Gasteiger partial charge in [0.1, 0.15) is 5.60 Å². The largest absolute Gasteiger partial charge is 0.483 e. The Morgan fingerprint density at radius 3 is 2.06 bits per heavy atom. The van der Waals surface area contributed by atoms with Gasteiger partial charge in [-0.25, -0.2) is 0 Å². The molecular weight excluding hydrogens is 450 g/mol. The molecule has 9 heteroatoms. The number of hydrogen-bond donors (Lipinski definition) is 3. The highest BCUT2D eigenvalue weighted by Crippen LogP contribution is 2.38. The lowest BCUT2D eigenvalue weighted by Gasteiger charge is -2.50. The number of aliphatic hydroxyl groups is 1. The zero-order valence-corrected chi connectivity index (χ0v) is 21.2. The third kappa shape index (κ3) is 8.84. The first-order valence-electron chi connectivity index (χ1n) is 12.5. The van der Waals surface area contributed by atoms with Crippen LogP contribution in [0, 0.1) is 5.41 Å². The molecule has 1 aromatic rings. The number of likely N-dealkylation sites (tertiary alicyclic amines) is 2. The second kappa shape index (κ2) is 14.5. The number of ether oxygens (including phenoxy) is 1. The zero-order valence-electron chi connectivity index (χ0n) is 21.2. The Balaban J connectivity index is 0.000000655. The number of carbonyl (C=O) groups is 2. The van der Waals surface area contributed by atoms with Crippen LogP contribution in [0.5, 0.6) is 0 Å². The summed E-state index contributed by atoms with van der Waals surface area (Å²) < 4.78 is 5.51. The summed E-state index contributed by atoms with van der Waals surface area (Å²) in [4.78, 5) is 24.4. The van der Waals surface area contributed by atoms with E-state index >= 15 is 0 Å². The second-order valence-electron chi connectivity index (χ2n) is 10.3. The molecule has 198 valence electrons. The highest BCUT2D eigenvalue weighted by atomic mass is 16.5. The van der Waals surface area contributed by atoms with Crippen LogP contribution in [0.3, 0.4) is 0 Å². The van der Waals surface area contributed by atoms with Crippen molar-refractivity contribution < 1.29 is 29.6 Å². The summed E-state index contributed by atoms with van der Waals surface area (Å²) in [7, 11) is 0. The van der Waals surface area contributed by atoms with Gasteiger partial charge in [0.05, 0.1) is 19.3 Å². The monoisotopic (exact) mass is 493 g/mol. The van der Waals surface area contributed by atoms with E-state index in [1.165, 1.54) is 12.8 Å². The SMILES string of the molecule is CC(C)(CN1CCOCC1)CN1CC[C@](O)(c2ccccc2)[C@H](N2CCCC2)C1.O=CO.O=CO. The van der Waals surface area contributed by atoms with Crippen molar-refractivity contribution in [2.24, 2.45) is 5.41 Å². The van der Waals surface area contributed by atoms with Crippen molar-refractivity contribution in [1.82, 2.24) is 14.7 Å². The molecule has 3 fully saturated rings. The van der Waals surface area contributed by atoms with Crippen molar-refractivity contribution in [3.8, 4) is 0 Å². The summed E-state index contributed by atoms with van der Waals surface area (Å²) in [6, 6.07) is 10.6. The fraction of sp³-hybridized carbons (Fsp3) is 0.692. The predicted molar refractivity (Wildman–Crippen MR) is 134 cm³/mol. The van der Waals surface area contributed by atoms with Gasteiger partial charge >= 0.3 is 0 Å². The minimum absolute atomic E-state index is 0.181. The summed E-state index contributed by atoms with van der Waals surface area (Å²) in [5.74, 6) is 0. The molecule has 2 atom stereocenters. The highest BCUT2D eigenvalue weighted by Gasteiger charge is 2.46. The number of nitrogens with zero attached hydrogens (tertiary/aromatic N) is 3. The van der Waals surface area contributed by atoms with Gasteiger partial charge in [-0.1, -0.05) is 44.2 Å². The molecule has 3 aliphatic rings. The Morgan fingerprint density at radius 2 is 1.49 bits per heavy atom. The van der Waals surface area contributed by atoms with Crippen LogP contribution in [0.1, 0.15) is 38.7 Å². The molecule has 0 bridgehead atoms. The molecule has 3 aliphatic heterocycles. The second-order valence-corrected chi connectivity index (χ2v) is 10.3. The Hall–Kier alpha value is -2.04. The molecule has 3 saturated heterocycles. The van der Waals surface area contributed by atoms with Crippen molar-refractivity contribution in [2.45, 2.75) is 44.8 Å². The van der Waals surface area contributed by atoms with Crippen molar-refractivity contribution >= 4 is 12.9 Å². The number of rotatable bonds is 6. The maximum absolute atomic E-state index is 11.8. The van der Waals surface area contributed by atoms with Crippen molar-refractivity contribution in [1.29, 1.82) is 0 Å². The Kier molecular flexibility index (Phi) is 12.1.